The maximum atomic E-state index is 12.1. The maximum absolute atomic E-state index is 12.1. The van der Waals surface area contributed by atoms with E-state index in [4.69, 9.17) is 5.11 Å². The first-order valence-electron chi connectivity index (χ1n) is 8.93. The monoisotopic (exact) mass is 401 g/mol. The van der Waals surface area contributed by atoms with Crippen molar-refractivity contribution in [3.8, 4) is 0 Å². The highest BCUT2D eigenvalue weighted by molar-refractivity contribution is 5.92. The number of nitrogens with zero attached hydrogens (tertiary/aromatic N) is 2. The van der Waals surface area contributed by atoms with Crippen LogP contribution in [-0.4, -0.2) is 53.1 Å². The van der Waals surface area contributed by atoms with Crippen molar-refractivity contribution in [1.29, 1.82) is 0 Å². The molecule has 0 spiro atoms. The van der Waals surface area contributed by atoms with Gasteiger partial charge in [0, 0.05) is 38.8 Å². The molecule has 148 valence electrons. The molecule has 2 N–H and O–H groups in total. The van der Waals surface area contributed by atoms with E-state index in [0.717, 1.165) is 38.3 Å². The molecule has 0 unspecified atom stereocenters. The van der Waals surface area contributed by atoms with Crippen LogP contribution >= 0.6 is 12.4 Å². The average molecular weight is 402 g/mol. The number of nitrogens with one attached hydrogen (secondary N) is 1. The van der Waals surface area contributed by atoms with Gasteiger partial charge >= 0.3 is 5.97 Å². The van der Waals surface area contributed by atoms with Gasteiger partial charge in [0.15, 0.2) is 0 Å². The van der Waals surface area contributed by atoms with Gasteiger partial charge < -0.3 is 5.11 Å². The van der Waals surface area contributed by atoms with Crippen molar-refractivity contribution in [3.05, 3.63) is 77.4 Å². The number of hydrazine groups is 1. The molecule has 1 aliphatic rings. The zero-order valence-corrected chi connectivity index (χ0v) is 16.3. The summed E-state index contributed by atoms with van der Waals surface area (Å²) < 4.78 is 0. The van der Waals surface area contributed by atoms with Crippen molar-refractivity contribution >= 4 is 30.4 Å². The second kappa shape index (κ2) is 10.6. The van der Waals surface area contributed by atoms with Crippen LogP contribution in [0.3, 0.4) is 0 Å². The lowest BCUT2D eigenvalue weighted by Crippen LogP contribution is -2.52. The lowest BCUT2D eigenvalue weighted by atomic mass is 10.1. The summed E-state index contributed by atoms with van der Waals surface area (Å²) in [5.74, 6) is -1.15. The zero-order valence-electron chi connectivity index (χ0n) is 15.5. The molecule has 1 amide bonds. The van der Waals surface area contributed by atoms with E-state index < -0.39 is 5.97 Å². The highest BCUT2D eigenvalue weighted by Crippen LogP contribution is 2.08. The molecule has 0 radical (unpaired) electrons. The van der Waals surface area contributed by atoms with Gasteiger partial charge in [0.05, 0.1) is 5.56 Å². The van der Waals surface area contributed by atoms with Gasteiger partial charge in [-0.15, -0.1) is 12.4 Å². The van der Waals surface area contributed by atoms with Gasteiger partial charge in [0.25, 0.3) is 5.91 Å². The summed E-state index contributed by atoms with van der Waals surface area (Å²) in [5, 5.41) is 10.8. The van der Waals surface area contributed by atoms with Crippen LogP contribution < -0.4 is 5.43 Å². The summed E-state index contributed by atoms with van der Waals surface area (Å²) in [4.78, 5) is 25.3. The molecular formula is C21H24ClN3O3. The number of hydrogen-bond acceptors (Lipinski definition) is 4. The summed E-state index contributed by atoms with van der Waals surface area (Å²) in [7, 11) is 0. The summed E-state index contributed by atoms with van der Waals surface area (Å²) in [5.41, 5.74) is 5.20. The van der Waals surface area contributed by atoms with Crippen LogP contribution in [0, 0.1) is 0 Å². The topological polar surface area (TPSA) is 72.9 Å². The third kappa shape index (κ3) is 6.49. The molecule has 1 heterocycles. The summed E-state index contributed by atoms with van der Waals surface area (Å²) in [6, 6.07) is 16.8. The second-order valence-corrected chi connectivity index (χ2v) is 6.49. The molecule has 0 bridgehead atoms. The lowest BCUT2D eigenvalue weighted by Gasteiger charge is -2.34. The van der Waals surface area contributed by atoms with Crippen LogP contribution in [-0.2, 0) is 11.3 Å². The van der Waals surface area contributed by atoms with Crippen molar-refractivity contribution in [2.45, 2.75) is 6.54 Å². The average Bonchev–Trinajstić information content (AvgIpc) is 2.69. The quantitative estimate of drug-likeness (QED) is 0.728. The molecule has 28 heavy (non-hydrogen) atoms. The normalized spacial score (nSPS) is 15.1. The molecule has 0 saturated carbocycles. The third-order valence-corrected chi connectivity index (χ3v) is 4.47. The Balaban J connectivity index is 0.00000280. The summed E-state index contributed by atoms with van der Waals surface area (Å²) >= 11 is 0. The van der Waals surface area contributed by atoms with E-state index in [1.807, 2.05) is 23.2 Å². The number of carbonyl (C=O) groups is 2. The minimum atomic E-state index is -0.963. The van der Waals surface area contributed by atoms with E-state index in [-0.39, 0.29) is 23.9 Å². The molecule has 0 aromatic heterocycles. The Morgan fingerprint density at radius 1 is 0.964 bits per heavy atom. The van der Waals surface area contributed by atoms with Crippen LogP contribution in [0.1, 0.15) is 21.5 Å². The number of halogens is 1. The van der Waals surface area contributed by atoms with Gasteiger partial charge in [-0.2, -0.15) is 0 Å². The number of aromatic carboxylic acids is 1. The fourth-order valence-electron chi connectivity index (χ4n) is 2.96. The van der Waals surface area contributed by atoms with Crippen molar-refractivity contribution < 1.29 is 14.7 Å². The number of rotatable bonds is 6. The predicted molar refractivity (Wildman–Crippen MR) is 111 cm³/mol. The van der Waals surface area contributed by atoms with Crippen molar-refractivity contribution in [2.24, 2.45) is 0 Å². The van der Waals surface area contributed by atoms with Gasteiger partial charge in [-0.05, 0) is 29.3 Å². The number of amides is 1. The first kappa shape index (κ1) is 21.6. The van der Waals surface area contributed by atoms with Crippen molar-refractivity contribution in [1.82, 2.24) is 15.3 Å². The van der Waals surface area contributed by atoms with E-state index in [9.17, 15) is 9.59 Å². The van der Waals surface area contributed by atoms with Gasteiger partial charge in [-0.3, -0.25) is 15.1 Å². The van der Waals surface area contributed by atoms with Crippen molar-refractivity contribution in [3.63, 3.8) is 0 Å². The van der Waals surface area contributed by atoms with Crippen LogP contribution in [0.4, 0.5) is 0 Å². The van der Waals surface area contributed by atoms with E-state index in [1.165, 1.54) is 23.8 Å². The number of piperazine rings is 1. The lowest BCUT2D eigenvalue weighted by molar-refractivity contribution is -0.121. The highest BCUT2D eigenvalue weighted by Gasteiger charge is 2.17. The van der Waals surface area contributed by atoms with Gasteiger partial charge in [-0.25, -0.2) is 9.80 Å². The van der Waals surface area contributed by atoms with Crippen LogP contribution in [0.25, 0.3) is 6.08 Å². The number of hydrogen-bond donors (Lipinski definition) is 2. The molecule has 1 fully saturated rings. The number of carboxylic acids is 1. The summed E-state index contributed by atoms with van der Waals surface area (Å²) in [6.45, 7) is 4.28. The highest BCUT2D eigenvalue weighted by atomic mass is 35.5. The van der Waals surface area contributed by atoms with E-state index in [2.05, 4.69) is 22.5 Å². The Morgan fingerprint density at radius 3 is 2.21 bits per heavy atom. The molecule has 1 aliphatic heterocycles. The Morgan fingerprint density at radius 2 is 1.61 bits per heavy atom. The molecule has 6 nitrogen and oxygen atoms in total. The Kier molecular flexibility index (Phi) is 8.19. The third-order valence-electron chi connectivity index (χ3n) is 4.47. The smallest absolute Gasteiger partial charge is 0.335 e. The Bertz CT molecular complexity index is 801. The zero-order chi connectivity index (χ0) is 19.1. The maximum Gasteiger partial charge on any atom is 0.335 e. The van der Waals surface area contributed by atoms with E-state index in [0.29, 0.717) is 0 Å². The molecular weight excluding hydrogens is 378 g/mol. The SMILES string of the molecule is Cl.O=C(/C=C/c1ccc(C(=O)O)cc1)NN1CCN(Cc2ccccc2)CC1. The first-order valence-corrected chi connectivity index (χ1v) is 8.93. The van der Waals surface area contributed by atoms with E-state index >= 15 is 0 Å². The fourth-order valence-corrected chi connectivity index (χ4v) is 2.96. The van der Waals surface area contributed by atoms with E-state index in [1.54, 1.807) is 18.2 Å². The van der Waals surface area contributed by atoms with Gasteiger partial charge in [0.2, 0.25) is 0 Å². The van der Waals surface area contributed by atoms with Crippen LogP contribution in [0.15, 0.2) is 60.7 Å². The van der Waals surface area contributed by atoms with Gasteiger partial charge in [0.1, 0.15) is 0 Å². The fraction of sp³-hybridized carbons (Fsp3) is 0.238. The van der Waals surface area contributed by atoms with Crippen molar-refractivity contribution in [2.75, 3.05) is 26.2 Å². The minimum Gasteiger partial charge on any atom is -0.478 e. The molecule has 1 saturated heterocycles. The number of carboxylic acid groups (broad SMARTS) is 1. The molecule has 2 aromatic carbocycles. The molecule has 3 rings (SSSR count). The standard InChI is InChI=1S/C21H23N3O3.ClH/c25-20(11-8-17-6-9-19(10-7-17)21(26)27)22-24-14-12-23(13-15-24)16-18-4-2-1-3-5-18;/h1-11H,12-16H2,(H,22,25)(H,26,27);1H/b11-8+;. The first-order chi connectivity index (χ1) is 13.1. The molecule has 0 aliphatic carbocycles. The molecule has 0 atom stereocenters. The molecule has 2 aromatic rings. The Labute approximate surface area is 170 Å². The Hall–Kier alpha value is -2.67. The minimum absolute atomic E-state index is 0. The van der Waals surface area contributed by atoms with Crippen LogP contribution in [0.2, 0.25) is 0 Å². The largest absolute Gasteiger partial charge is 0.478 e. The predicted octanol–water partition coefficient (Wildman–Crippen LogP) is 2.67. The van der Waals surface area contributed by atoms with Gasteiger partial charge in [-0.1, -0.05) is 42.5 Å². The number of benzene rings is 2. The second-order valence-electron chi connectivity index (χ2n) is 6.49. The van der Waals surface area contributed by atoms with Crippen LogP contribution in [0.5, 0.6) is 0 Å². The molecule has 7 heteroatoms. The number of carbonyl (C=O) groups excluding carboxylic acids is 1. The summed E-state index contributed by atoms with van der Waals surface area (Å²) in [6.07, 6.45) is 3.14.